The van der Waals surface area contributed by atoms with Crippen molar-refractivity contribution in [1.29, 1.82) is 0 Å². The number of carbonyl (C=O) groups is 1. The maximum atomic E-state index is 12.1. The zero-order chi connectivity index (χ0) is 13.0. The van der Waals surface area contributed by atoms with Gasteiger partial charge in [0.25, 0.3) is 0 Å². The van der Waals surface area contributed by atoms with Crippen molar-refractivity contribution in [1.82, 2.24) is 5.32 Å². The van der Waals surface area contributed by atoms with Crippen LogP contribution in [0.25, 0.3) is 0 Å². The van der Waals surface area contributed by atoms with E-state index in [2.05, 4.69) is 5.32 Å². The van der Waals surface area contributed by atoms with Gasteiger partial charge in [0.2, 0.25) is 5.91 Å². The molecule has 18 heavy (non-hydrogen) atoms. The van der Waals surface area contributed by atoms with Gasteiger partial charge in [-0.2, -0.15) is 0 Å². The molecule has 1 amide bonds. The highest BCUT2D eigenvalue weighted by atomic mass is 16.3. The third-order valence-electron chi connectivity index (χ3n) is 4.53. The third kappa shape index (κ3) is 3.45. The Kier molecular flexibility index (Phi) is 4.62. The summed E-state index contributed by atoms with van der Waals surface area (Å²) in [5.74, 6) is -0.00728. The molecule has 2 aliphatic carbocycles. The highest BCUT2D eigenvalue weighted by Crippen LogP contribution is 2.28. The maximum Gasteiger partial charge on any atom is 0.224 e. The third-order valence-corrected chi connectivity index (χ3v) is 4.53. The predicted molar refractivity (Wildman–Crippen MR) is 71.0 cm³/mol. The lowest BCUT2D eigenvalue weighted by Crippen LogP contribution is -2.49. The lowest BCUT2D eigenvalue weighted by atomic mass is 9.83. The van der Waals surface area contributed by atoms with Crippen molar-refractivity contribution in [3.05, 3.63) is 0 Å². The molecule has 0 aromatic heterocycles. The summed E-state index contributed by atoms with van der Waals surface area (Å²) >= 11 is 0. The van der Waals surface area contributed by atoms with Crippen LogP contribution in [0.2, 0.25) is 0 Å². The summed E-state index contributed by atoms with van der Waals surface area (Å²) in [5, 5.41) is 13.3. The van der Waals surface area contributed by atoms with Gasteiger partial charge in [0.05, 0.1) is 11.5 Å². The van der Waals surface area contributed by atoms with Crippen LogP contribution < -0.4 is 11.1 Å². The minimum Gasteiger partial charge on any atom is -0.388 e. The average Bonchev–Trinajstić information content (AvgIpc) is 2.38. The molecule has 0 radical (unpaired) electrons. The van der Waals surface area contributed by atoms with Gasteiger partial charge in [0.15, 0.2) is 0 Å². The van der Waals surface area contributed by atoms with Crippen LogP contribution in [0.3, 0.4) is 0 Å². The zero-order valence-corrected chi connectivity index (χ0v) is 11.2. The molecule has 0 aliphatic heterocycles. The van der Waals surface area contributed by atoms with E-state index in [0.717, 1.165) is 51.4 Å². The van der Waals surface area contributed by atoms with Crippen LogP contribution in [-0.2, 0) is 4.79 Å². The Morgan fingerprint density at radius 3 is 2.50 bits per heavy atom. The normalized spacial score (nSPS) is 31.9. The van der Waals surface area contributed by atoms with Gasteiger partial charge in [0.1, 0.15) is 0 Å². The molecule has 2 unspecified atom stereocenters. The molecule has 2 rings (SSSR count). The van der Waals surface area contributed by atoms with E-state index in [4.69, 9.17) is 5.73 Å². The largest absolute Gasteiger partial charge is 0.388 e. The topological polar surface area (TPSA) is 75.4 Å². The summed E-state index contributed by atoms with van der Waals surface area (Å²) in [7, 11) is 0. The molecule has 0 heterocycles. The van der Waals surface area contributed by atoms with Crippen LogP contribution in [0, 0.1) is 5.92 Å². The molecular weight excluding hydrogens is 228 g/mol. The minimum absolute atomic E-state index is 0.000233. The Labute approximate surface area is 109 Å². The molecule has 4 N–H and O–H groups in total. The number of nitrogens with two attached hydrogens (primary N) is 1. The molecule has 2 atom stereocenters. The minimum atomic E-state index is -0.674. The van der Waals surface area contributed by atoms with Gasteiger partial charge in [-0.25, -0.2) is 0 Å². The number of aliphatic hydroxyl groups is 1. The van der Waals surface area contributed by atoms with Crippen molar-refractivity contribution in [2.24, 2.45) is 11.7 Å². The van der Waals surface area contributed by atoms with Gasteiger partial charge in [-0.15, -0.1) is 0 Å². The zero-order valence-electron chi connectivity index (χ0n) is 11.2. The van der Waals surface area contributed by atoms with E-state index in [1.54, 1.807) is 0 Å². The van der Waals surface area contributed by atoms with Crippen LogP contribution in [0.15, 0.2) is 0 Å². The molecule has 2 fully saturated rings. The number of hydrogen-bond donors (Lipinski definition) is 3. The van der Waals surface area contributed by atoms with Crippen molar-refractivity contribution in [2.45, 2.75) is 69.4 Å². The number of hydrogen-bond acceptors (Lipinski definition) is 3. The molecular formula is C14H26N2O2. The lowest BCUT2D eigenvalue weighted by Gasteiger charge is -2.34. The Balaban J connectivity index is 1.80. The van der Waals surface area contributed by atoms with E-state index >= 15 is 0 Å². The molecule has 4 heteroatoms. The van der Waals surface area contributed by atoms with Crippen molar-refractivity contribution in [3.63, 3.8) is 0 Å². The fraction of sp³-hybridized carbons (Fsp3) is 0.929. The van der Waals surface area contributed by atoms with E-state index in [1.165, 1.54) is 6.42 Å². The van der Waals surface area contributed by atoms with Crippen LogP contribution in [0.5, 0.6) is 0 Å². The smallest absolute Gasteiger partial charge is 0.224 e. The maximum absolute atomic E-state index is 12.1. The first-order chi connectivity index (χ1) is 8.61. The summed E-state index contributed by atoms with van der Waals surface area (Å²) in [6.45, 7) is 0.398. The number of carbonyl (C=O) groups excluding carboxylic acids is 1. The lowest BCUT2D eigenvalue weighted by molar-refractivity contribution is -0.128. The second-order valence-corrected chi connectivity index (χ2v) is 6.06. The number of nitrogens with one attached hydrogen (secondary N) is 1. The summed E-state index contributed by atoms with van der Waals surface area (Å²) in [6, 6.07) is -0.000233. The van der Waals surface area contributed by atoms with Crippen molar-refractivity contribution in [2.75, 3.05) is 6.54 Å². The Morgan fingerprint density at radius 1 is 1.17 bits per heavy atom. The van der Waals surface area contributed by atoms with E-state index in [0.29, 0.717) is 6.54 Å². The highest BCUT2D eigenvalue weighted by Gasteiger charge is 2.32. The quantitative estimate of drug-likeness (QED) is 0.711. The molecule has 0 aromatic carbocycles. The Morgan fingerprint density at radius 2 is 1.83 bits per heavy atom. The summed E-state index contributed by atoms with van der Waals surface area (Å²) in [6.07, 6.45) is 9.01. The van der Waals surface area contributed by atoms with E-state index in [1.807, 2.05) is 0 Å². The predicted octanol–water partition coefficient (Wildman–Crippen LogP) is 1.32. The van der Waals surface area contributed by atoms with Crippen molar-refractivity contribution < 1.29 is 9.90 Å². The van der Waals surface area contributed by atoms with Crippen LogP contribution in [0.1, 0.15) is 57.8 Å². The van der Waals surface area contributed by atoms with Crippen molar-refractivity contribution in [3.8, 4) is 0 Å². The first-order valence-electron chi connectivity index (χ1n) is 7.36. The highest BCUT2D eigenvalue weighted by molar-refractivity contribution is 5.79. The fourth-order valence-corrected chi connectivity index (χ4v) is 3.25. The average molecular weight is 254 g/mol. The summed E-state index contributed by atoms with van der Waals surface area (Å²) < 4.78 is 0. The molecule has 0 aromatic rings. The van der Waals surface area contributed by atoms with Gasteiger partial charge in [-0.1, -0.05) is 32.1 Å². The summed E-state index contributed by atoms with van der Waals surface area (Å²) in [5.41, 5.74) is 5.32. The molecule has 104 valence electrons. The first-order valence-corrected chi connectivity index (χ1v) is 7.36. The SMILES string of the molecule is NC1CCCCC1C(=O)NCC1(O)CCCCC1. The van der Waals surface area contributed by atoms with Gasteiger partial charge in [-0.3, -0.25) is 4.79 Å². The molecule has 4 nitrogen and oxygen atoms in total. The number of rotatable bonds is 3. The molecule has 2 aliphatic rings. The van der Waals surface area contributed by atoms with Gasteiger partial charge in [0, 0.05) is 12.6 Å². The standard InChI is InChI=1S/C14H26N2O2/c15-12-7-3-2-6-11(12)13(17)16-10-14(18)8-4-1-5-9-14/h11-12,18H,1-10,15H2,(H,16,17). The Hall–Kier alpha value is -0.610. The number of amides is 1. The van der Waals surface area contributed by atoms with Crippen LogP contribution in [0.4, 0.5) is 0 Å². The molecule has 0 bridgehead atoms. The van der Waals surface area contributed by atoms with Gasteiger partial charge >= 0.3 is 0 Å². The molecule has 2 saturated carbocycles. The van der Waals surface area contributed by atoms with E-state index in [-0.39, 0.29) is 17.9 Å². The van der Waals surface area contributed by atoms with Crippen molar-refractivity contribution >= 4 is 5.91 Å². The van der Waals surface area contributed by atoms with E-state index < -0.39 is 5.60 Å². The van der Waals surface area contributed by atoms with Gasteiger partial charge in [-0.05, 0) is 25.7 Å². The molecule has 0 saturated heterocycles. The summed E-state index contributed by atoms with van der Waals surface area (Å²) in [4.78, 5) is 12.1. The fourth-order valence-electron chi connectivity index (χ4n) is 3.25. The first kappa shape index (κ1) is 13.8. The van der Waals surface area contributed by atoms with Crippen LogP contribution >= 0.6 is 0 Å². The second kappa shape index (κ2) is 6.02. The monoisotopic (exact) mass is 254 g/mol. The van der Waals surface area contributed by atoms with E-state index in [9.17, 15) is 9.90 Å². The van der Waals surface area contributed by atoms with Gasteiger partial charge < -0.3 is 16.2 Å². The van der Waals surface area contributed by atoms with Crippen LogP contribution in [-0.4, -0.2) is 29.2 Å². The second-order valence-electron chi connectivity index (χ2n) is 6.06. The molecule has 0 spiro atoms. The Bertz CT molecular complexity index is 288.